The first-order chi connectivity index (χ1) is 14.1. The molecule has 2 aromatic carbocycles. The molecule has 0 spiro atoms. The normalized spacial score (nSPS) is 21.8. The van der Waals surface area contributed by atoms with Crippen LogP contribution in [-0.2, 0) is 11.4 Å². The number of nitrogens with zero attached hydrogens (tertiary/aromatic N) is 2. The Balaban J connectivity index is 1.21. The van der Waals surface area contributed by atoms with E-state index in [1.807, 2.05) is 29.2 Å². The molecule has 0 aromatic heterocycles. The number of hydrogen-bond acceptors (Lipinski definition) is 4. The van der Waals surface area contributed by atoms with Crippen molar-refractivity contribution in [2.75, 3.05) is 39.8 Å². The lowest BCUT2D eigenvalue weighted by Crippen LogP contribution is -2.49. The topological polar surface area (TPSA) is 44.8 Å². The van der Waals surface area contributed by atoms with Crippen molar-refractivity contribution >= 4 is 21.8 Å². The molecule has 1 aliphatic heterocycles. The van der Waals surface area contributed by atoms with Gasteiger partial charge in [0.05, 0.1) is 6.54 Å². The van der Waals surface area contributed by atoms with Crippen molar-refractivity contribution in [2.45, 2.75) is 25.0 Å². The molecule has 0 bridgehead atoms. The van der Waals surface area contributed by atoms with Crippen LogP contribution in [-0.4, -0.2) is 61.5 Å². The third kappa shape index (κ3) is 5.59. The zero-order valence-corrected chi connectivity index (χ0v) is 18.4. The number of benzene rings is 2. The average molecular weight is 458 g/mol. The largest absolute Gasteiger partial charge is 0.489 e. The van der Waals surface area contributed by atoms with Crippen LogP contribution in [0.4, 0.5) is 0 Å². The van der Waals surface area contributed by atoms with Gasteiger partial charge in [-0.25, -0.2) is 0 Å². The Bertz CT molecular complexity index is 834. The summed E-state index contributed by atoms with van der Waals surface area (Å²) in [6.45, 7) is 4.61. The van der Waals surface area contributed by atoms with E-state index in [2.05, 4.69) is 57.5 Å². The molecule has 1 N–H and O–H groups in total. The highest BCUT2D eigenvalue weighted by Crippen LogP contribution is 2.41. The molecule has 1 heterocycles. The Kier molecular flexibility index (Phi) is 6.53. The lowest BCUT2D eigenvalue weighted by atomic mass is 10.1. The second-order valence-corrected chi connectivity index (χ2v) is 8.92. The van der Waals surface area contributed by atoms with Crippen molar-refractivity contribution in [2.24, 2.45) is 0 Å². The van der Waals surface area contributed by atoms with Crippen LogP contribution in [0.1, 0.15) is 23.5 Å². The van der Waals surface area contributed by atoms with Gasteiger partial charge in [0.15, 0.2) is 0 Å². The quantitative estimate of drug-likeness (QED) is 0.692. The summed E-state index contributed by atoms with van der Waals surface area (Å²) in [5.41, 5.74) is 2.45. The van der Waals surface area contributed by atoms with Gasteiger partial charge in [0.2, 0.25) is 5.91 Å². The van der Waals surface area contributed by atoms with Crippen molar-refractivity contribution in [3.63, 3.8) is 0 Å². The first-order valence-corrected chi connectivity index (χ1v) is 11.0. The third-order valence-electron chi connectivity index (χ3n) is 5.76. The Hall–Kier alpha value is -1.89. The van der Waals surface area contributed by atoms with Crippen LogP contribution in [0.2, 0.25) is 0 Å². The van der Waals surface area contributed by atoms with E-state index in [4.69, 9.17) is 4.74 Å². The fourth-order valence-electron chi connectivity index (χ4n) is 3.78. The minimum atomic E-state index is 0.222. The van der Waals surface area contributed by atoms with Crippen LogP contribution in [0.3, 0.4) is 0 Å². The number of likely N-dealkylation sites (N-methyl/N-ethyl adjacent to an activating group) is 1. The molecule has 2 aromatic rings. The van der Waals surface area contributed by atoms with E-state index in [1.165, 1.54) is 5.56 Å². The minimum absolute atomic E-state index is 0.222. The van der Waals surface area contributed by atoms with Gasteiger partial charge in [-0.2, -0.15) is 0 Å². The molecule has 154 valence electrons. The maximum atomic E-state index is 12.4. The van der Waals surface area contributed by atoms with Crippen LogP contribution in [0.15, 0.2) is 53.0 Å². The number of hydrogen-bond donors (Lipinski definition) is 1. The van der Waals surface area contributed by atoms with Gasteiger partial charge in [-0.05, 0) is 48.9 Å². The third-order valence-corrected chi connectivity index (χ3v) is 6.26. The van der Waals surface area contributed by atoms with Crippen molar-refractivity contribution < 1.29 is 9.53 Å². The Morgan fingerprint density at radius 2 is 1.90 bits per heavy atom. The zero-order chi connectivity index (χ0) is 20.2. The highest BCUT2D eigenvalue weighted by Gasteiger charge is 2.38. The molecule has 2 aliphatic rings. The highest BCUT2D eigenvalue weighted by atomic mass is 79.9. The molecule has 6 heteroatoms. The second kappa shape index (κ2) is 9.28. The summed E-state index contributed by atoms with van der Waals surface area (Å²) in [7, 11) is 2.10. The number of rotatable bonds is 7. The Morgan fingerprint density at radius 3 is 2.62 bits per heavy atom. The van der Waals surface area contributed by atoms with Gasteiger partial charge < -0.3 is 19.9 Å². The molecule has 0 radical (unpaired) electrons. The van der Waals surface area contributed by atoms with E-state index in [1.54, 1.807) is 0 Å². The number of carbonyl (C=O) groups excluding carboxylic acids is 1. The molecule has 5 nitrogen and oxygen atoms in total. The Morgan fingerprint density at radius 1 is 1.14 bits per heavy atom. The van der Waals surface area contributed by atoms with Crippen molar-refractivity contribution in [1.82, 2.24) is 15.1 Å². The van der Waals surface area contributed by atoms with E-state index in [-0.39, 0.29) is 5.91 Å². The van der Waals surface area contributed by atoms with Gasteiger partial charge in [0.25, 0.3) is 0 Å². The SMILES string of the molecule is CN1CCN(C(=O)CN[C@H]2CC2c2ccc(OCc3cccc(Br)c3)cc2)CC1. The van der Waals surface area contributed by atoms with E-state index in [0.29, 0.717) is 25.1 Å². The van der Waals surface area contributed by atoms with E-state index in [0.717, 1.165) is 48.4 Å². The number of halogens is 1. The van der Waals surface area contributed by atoms with Gasteiger partial charge >= 0.3 is 0 Å². The fraction of sp³-hybridized carbons (Fsp3) is 0.435. The molecular weight excluding hydrogens is 430 g/mol. The summed E-state index contributed by atoms with van der Waals surface area (Å²) >= 11 is 3.49. The lowest BCUT2D eigenvalue weighted by Gasteiger charge is -2.32. The van der Waals surface area contributed by atoms with Crippen molar-refractivity contribution in [3.05, 3.63) is 64.1 Å². The van der Waals surface area contributed by atoms with Crippen LogP contribution in [0.25, 0.3) is 0 Å². The monoisotopic (exact) mass is 457 g/mol. The molecule has 1 unspecified atom stereocenters. The molecule has 1 aliphatic carbocycles. The van der Waals surface area contributed by atoms with Gasteiger partial charge in [-0.15, -0.1) is 0 Å². The lowest BCUT2D eigenvalue weighted by molar-refractivity contribution is -0.131. The van der Waals surface area contributed by atoms with Crippen LogP contribution in [0, 0.1) is 0 Å². The van der Waals surface area contributed by atoms with Crippen molar-refractivity contribution in [1.29, 1.82) is 0 Å². The summed E-state index contributed by atoms with van der Waals surface area (Å²) in [4.78, 5) is 16.6. The summed E-state index contributed by atoms with van der Waals surface area (Å²) in [5, 5.41) is 3.44. The maximum Gasteiger partial charge on any atom is 0.236 e. The molecule has 1 saturated heterocycles. The van der Waals surface area contributed by atoms with E-state index in [9.17, 15) is 4.79 Å². The van der Waals surface area contributed by atoms with Crippen LogP contribution < -0.4 is 10.1 Å². The summed E-state index contributed by atoms with van der Waals surface area (Å²) < 4.78 is 6.95. The number of nitrogens with one attached hydrogen (secondary N) is 1. The molecule has 1 saturated carbocycles. The molecular formula is C23H28BrN3O2. The zero-order valence-electron chi connectivity index (χ0n) is 16.8. The molecule has 2 atom stereocenters. The number of ether oxygens (including phenoxy) is 1. The summed E-state index contributed by atoms with van der Waals surface area (Å²) in [5.74, 6) is 1.60. The summed E-state index contributed by atoms with van der Waals surface area (Å²) in [6, 6.07) is 16.9. The van der Waals surface area contributed by atoms with E-state index < -0.39 is 0 Å². The summed E-state index contributed by atoms with van der Waals surface area (Å²) in [6.07, 6.45) is 1.09. The molecule has 4 rings (SSSR count). The standard InChI is InChI=1S/C23H28BrN3O2/c1-26-9-11-27(12-10-26)23(28)15-25-22-14-21(22)18-5-7-20(8-6-18)29-16-17-3-2-4-19(24)13-17/h2-8,13,21-22,25H,9-12,14-16H2,1H3/t21?,22-/m0/s1. The average Bonchev–Trinajstić information content (AvgIpc) is 3.51. The number of piperazine rings is 1. The van der Waals surface area contributed by atoms with Crippen molar-refractivity contribution in [3.8, 4) is 5.75 Å². The van der Waals surface area contributed by atoms with Crippen LogP contribution >= 0.6 is 15.9 Å². The second-order valence-electron chi connectivity index (χ2n) is 8.00. The molecule has 2 fully saturated rings. The maximum absolute atomic E-state index is 12.4. The predicted octanol–water partition coefficient (Wildman–Crippen LogP) is 3.25. The van der Waals surface area contributed by atoms with Gasteiger partial charge in [-0.1, -0.05) is 40.2 Å². The predicted molar refractivity (Wildman–Crippen MR) is 118 cm³/mol. The smallest absolute Gasteiger partial charge is 0.236 e. The highest BCUT2D eigenvalue weighted by molar-refractivity contribution is 9.10. The molecule has 1 amide bonds. The molecule has 29 heavy (non-hydrogen) atoms. The van der Waals surface area contributed by atoms with E-state index >= 15 is 0 Å². The van der Waals surface area contributed by atoms with Crippen LogP contribution in [0.5, 0.6) is 5.75 Å². The Labute approximate surface area is 181 Å². The number of amides is 1. The first kappa shape index (κ1) is 20.4. The van der Waals surface area contributed by atoms with Gasteiger partial charge in [0.1, 0.15) is 12.4 Å². The number of carbonyl (C=O) groups is 1. The fourth-order valence-corrected chi connectivity index (χ4v) is 4.23. The first-order valence-electron chi connectivity index (χ1n) is 10.3. The van der Waals surface area contributed by atoms with Gasteiger partial charge in [0, 0.05) is 42.6 Å². The minimum Gasteiger partial charge on any atom is -0.489 e. The van der Waals surface area contributed by atoms with Gasteiger partial charge in [-0.3, -0.25) is 4.79 Å².